The highest BCUT2D eigenvalue weighted by Gasteiger charge is 2.24. The van der Waals surface area contributed by atoms with Crippen molar-refractivity contribution in [1.82, 2.24) is 20.1 Å². The molecule has 2 heterocycles. The van der Waals surface area contributed by atoms with Gasteiger partial charge in [0.05, 0.1) is 13.2 Å². The monoisotopic (exact) mass is 272 g/mol. The fourth-order valence-electron chi connectivity index (χ4n) is 2.73. The van der Waals surface area contributed by atoms with E-state index in [9.17, 15) is 0 Å². The molecule has 0 fully saturated rings. The molecule has 20 heavy (non-hydrogen) atoms. The van der Waals surface area contributed by atoms with Crippen molar-refractivity contribution in [3.05, 3.63) is 29.6 Å². The van der Waals surface area contributed by atoms with E-state index in [-0.39, 0.29) is 0 Å². The largest absolute Gasteiger partial charge is 0.496 e. The van der Waals surface area contributed by atoms with E-state index in [2.05, 4.69) is 39.1 Å². The predicted molar refractivity (Wildman–Crippen MR) is 77.8 cm³/mol. The van der Waals surface area contributed by atoms with Crippen molar-refractivity contribution in [2.75, 3.05) is 13.7 Å². The molecule has 0 saturated heterocycles. The SMILES string of the molecule is CCC1NCCn2c(-c3ccc(C)c(OC)c3)nnc21. The predicted octanol–water partition coefficient (Wildman–Crippen LogP) is 2.32. The molecule has 0 amide bonds. The average molecular weight is 272 g/mol. The molecule has 1 aliphatic heterocycles. The molecule has 0 bridgehead atoms. The first-order valence-electron chi connectivity index (χ1n) is 7.06. The molecule has 5 heteroatoms. The molecule has 0 spiro atoms. The van der Waals surface area contributed by atoms with Crippen LogP contribution in [0.3, 0.4) is 0 Å². The maximum atomic E-state index is 5.40. The zero-order valence-corrected chi connectivity index (χ0v) is 12.2. The van der Waals surface area contributed by atoms with E-state index in [1.165, 1.54) is 0 Å². The van der Waals surface area contributed by atoms with Crippen molar-refractivity contribution in [3.63, 3.8) is 0 Å². The van der Waals surface area contributed by atoms with Gasteiger partial charge >= 0.3 is 0 Å². The number of benzene rings is 1. The lowest BCUT2D eigenvalue weighted by Crippen LogP contribution is -2.33. The molecule has 0 saturated carbocycles. The number of nitrogens with one attached hydrogen (secondary N) is 1. The van der Waals surface area contributed by atoms with Crippen LogP contribution in [0.4, 0.5) is 0 Å². The van der Waals surface area contributed by atoms with Crippen LogP contribution in [0.1, 0.15) is 30.8 Å². The molecule has 1 unspecified atom stereocenters. The molecule has 106 valence electrons. The maximum absolute atomic E-state index is 5.40. The molecule has 0 radical (unpaired) electrons. The summed E-state index contributed by atoms with van der Waals surface area (Å²) >= 11 is 0. The van der Waals surface area contributed by atoms with E-state index in [0.29, 0.717) is 6.04 Å². The van der Waals surface area contributed by atoms with Crippen LogP contribution >= 0.6 is 0 Å². The minimum atomic E-state index is 0.303. The molecule has 2 aromatic rings. The smallest absolute Gasteiger partial charge is 0.164 e. The van der Waals surface area contributed by atoms with Crippen LogP contribution in [0.25, 0.3) is 11.4 Å². The Labute approximate surface area is 119 Å². The van der Waals surface area contributed by atoms with Gasteiger partial charge in [0.25, 0.3) is 0 Å². The number of ether oxygens (including phenoxy) is 1. The highest BCUT2D eigenvalue weighted by molar-refractivity contribution is 5.59. The van der Waals surface area contributed by atoms with Gasteiger partial charge in [0.15, 0.2) is 11.6 Å². The van der Waals surface area contributed by atoms with Gasteiger partial charge < -0.3 is 14.6 Å². The number of hydrogen-bond acceptors (Lipinski definition) is 4. The summed E-state index contributed by atoms with van der Waals surface area (Å²) in [5.74, 6) is 2.85. The summed E-state index contributed by atoms with van der Waals surface area (Å²) in [6, 6.07) is 6.49. The Morgan fingerprint density at radius 2 is 2.25 bits per heavy atom. The maximum Gasteiger partial charge on any atom is 0.164 e. The average Bonchev–Trinajstić information content (AvgIpc) is 2.91. The molecular weight excluding hydrogens is 252 g/mol. The first-order chi connectivity index (χ1) is 9.74. The Morgan fingerprint density at radius 1 is 1.40 bits per heavy atom. The summed E-state index contributed by atoms with van der Waals surface area (Å²) < 4.78 is 7.62. The second-order valence-electron chi connectivity index (χ2n) is 5.13. The van der Waals surface area contributed by atoms with E-state index >= 15 is 0 Å². The molecule has 1 aromatic heterocycles. The quantitative estimate of drug-likeness (QED) is 0.931. The summed E-state index contributed by atoms with van der Waals surface area (Å²) in [7, 11) is 1.70. The lowest BCUT2D eigenvalue weighted by atomic mass is 10.1. The van der Waals surface area contributed by atoms with Crippen LogP contribution in [-0.2, 0) is 6.54 Å². The number of fused-ring (bicyclic) bond motifs is 1. The van der Waals surface area contributed by atoms with Crippen LogP contribution in [0, 0.1) is 6.92 Å². The molecule has 1 N–H and O–H groups in total. The zero-order chi connectivity index (χ0) is 14.1. The Balaban J connectivity index is 2.05. The van der Waals surface area contributed by atoms with Gasteiger partial charge in [-0.25, -0.2) is 0 Å². The lowest BCUT2D eigenvalue weighted by molar-refractivity contribution is 0.406. The first kappa shape index (κ1) is 13.1. The third-order valence-corrected chi connectivity index (χ3v) is 3.89. The summed E-state index contributed by atoms with van der Waals surface area (Å²) in [5.41, 5.74) is 2.19. The highest BCUT2D eigenvalue weighted by Crippen LogP contribution is 2.28. The van der Waals surface area contributed by atoms with Gasteiger partial charge in [-0.15, -0.1) is 10.2 Å². The first-order valence-corrected chi connectivity index (χ1v) is 7.06. The van der Waals surface area contributed by atoms with Crippen LogP contribution in [0.5, 0.6) is 5.75 Å². The van der Waals surface area contributed by atoms with Gasteiger partial charge in [-0.3, -0.25) is 0 Å². The topological polar surface area (TPSA) is 52.0 Å². The normalized spacial score (nSPS) is 17.9. The molecule has 3 rings (SSSR count). The van der Waals surface area contributed by atoms with Crippen molar-refractivity contribution in [2.45, 2.75) is 32.9 Å². The number of nitrogens with zero attached hydrogens (tertiary/aromatic N) is 3. The number of rotatable bonds is 3. The van der Waals surface area contributed by atoms with Crippen molar-refractivity contribution in [3.8, 4) is 17.1 Å². The zero-order valence-electron chi connectivity index (χ0n) is 12.2. The molecule has 1 aliphatic rings. The van der Waals surface area contributed by atoms with E-state index in [1.54, 1.807) is 7.11 Å². The van der Waals surface area contributed by atoms with Gasteiger partial charge in [-0.1, -0.05) is 19.1 Å². The second kappa shape index (κ2) is 5.25. The van der Waals surface area contributed by atoms with Crippen LogP contribution < -0.4 is 10.1 Å². The number of methoxy groups -OCH3 is 1. The third kappa shape index (κ3) is 2.08. The summed E-state index contributed by atoms with van der Waals surface area (Å²) in [5, 5.41) is 12.2. The van der Waals surface area contributed by atoms with Gasteiger partial charge in [0.1, 0.15) is 5.75 Å². The number of hydrogen-bond donors (Lipinski definition) is 1. The van der Waals surface area contributed by atoms with Crippen molar-refractivity contribution in [1.29, 1.82) is 0 Å². The minimum absolute atomic E-state index is 0.303. The summed E-state index contributed by atoms with van der Waals surface area (Å²) in [4.78, 5) is 0. The summed E-state index contributed by atoms with van der Waals surface area (Å²) in [6.45, 7) is 6.07. The number of aryl methyl sites for hydroxylation is 1. The third-order valence-electron chi connectivity index (χ3n) is 3.89. The lowest BCUT2D eigenvalue weighted by Gasteiger charge is -2.24. The van der Waals surface area contributed by atoms with Crippen molar-refractivity contribution in [2.24, 2.45) is 0 Å². The fourth-order valence-corrected chi connectivity index (χ4v) is 2.73. The van der Waals surface area contributed by atoms with Crippen molar-refractivity contribution < 1.29 is 4.74 Å². The van der Waals surface area contributed by atoms with E-state index in [0.717, 1.165) is 48.0 Å². The molecule has 5 nitrogen and oxygen atoms in total. The minimum Gasteiger partial charge on any atom is -0.496 e. The Morgan fingerprint density at radius 3 is 3.00 bits per heavy atom. The fraction of sp³-hybridized carbons (Fsp3) is 0.467. The van der Waals surface area contributed by atoms with E-state index < -0.39 is 0 Å². The Bertz CT molecular complexity index is 620. The van der Waals surface area contributed by atoms with Crippen LogP contribution in [0.15, 0.2) is 18.2 Å². The van der Waals surface area contributed by atoms with E-state index in [4.69, 9.17) is 4.74 Å². The Kier molecular flexibility index (Phi) is 3.44. The van der Waals surface area contributed by atoms with Crippen molar-refractivity contribution >= 4 is 0 Å². The number of aromatic nitrogens is 3. The van der Waals surface area contributed by atoms with Gasteiger partial charge in [0, 0.05) is 18.7 Å². The molecule has 1 aromatic carbocycles. The summed E-state index contributed by atoms with van der Waals surface area (Å²) in [6.07, 6.45) is 1.02. The standard InChI is InChI=1S/C15H20N4O/c1-4-12-15-18-17-14(19(15)8-7-16-12)11-6-5-10(2)13(9-11)20-3/h5-6,9,12,16H,4,7-8H2,1-3H3. The molecule has 1 atom stereocenters. The molecular formula is C15H20N4O. The Hall–Kier alpha value is -1.88. The van der Waals surface area contributed by atoms with Gasteiger partial charge in [0.2, 0.25) is 0 Å². The van der Waals surface area contributed by atoms with Gasteiger partial charge in [-0.2, -0.15) is 0 Å². The highest BCUT2D eigenvalue weighted by atomic mass is 16.5. The molecule has 0 aliphatic carbocycles. The second-order valence-corrected chi connectivity index (χ2v) is 5.13. The van der Waals surface area contributed by atoms with Crippen LogP contribution in [-0.4, -0.2) is 28.4 Å². The van der Waals surface area contributed by atoms with Crippen LogP contribution in [0.2, 0.25) is 0 Å². The van der Waals surface area contributed by atoms with Gasteiger partial charge in [-0.05, 0) is 25.0 Å². The van der Waals surface area contributed by atoms with E-state index in [1.807, 2.05) is 13.0 Å².